The second kappa shape index (κ2) is 6.91. The lowest BCUT2D eigenvalue weighted by Crippen LogP contribution is -2.24. The molecule has 0 unspecified atom stereocenters. The Labute approximate surface area is 131 Å². The zero-order valence-corrected chi connectivity index (χ0v) is 13.3. The van der Waals surface area contributed by atoms with Gasteiger partial charge in [0.05, 0.1) is 6.07 Å². The van der Waals surface area contributed by atoms with E-state index >= 15 is 0 Å². The van der Waals surface area contributed by atoms with Crippen molar-refractivity contribution in [1.29, 1.82) is 0 Å². The number of ether oxygens (including phenoxy) is 1. The molecule has 0 fully saturated rings. The van der Waals surface area contributed by atoms with Crippen LogP contribution < -0.4 is 10.3 Å². The average Bonchev–Trinajstić information content (AvgIpc) is 2.45. The van der Waals surface area contributed by atoms with Crippen LogP contribution in [0.25, 0.3) is 0 Å². The summed E-state index contributed by atoms with van der Waals surface area (Å²) in [5, 5.41) is 0.525. The summed E-state index contributed by atoms with van der Waals surface area (Å²) in [5.74, 6) is -1.22. The molecule has 2 aromatic rings. The van der Waals surface area contributed by atoms with Gasteiger partial charge in [-0.05, 0) is 32.2 Å². The van der Waals surface area contributed by atoms with Crippen LogP contribution >= 0.6 is 11.8 Å². The van der Waals surface area contributed by atoms with Crippen LogP contribution in [-0.4, -0.2) is 15.8 Å². The number of aromatic nitrogens is 2. The van der Waals surface area contributed by atoms with E-state index in [-0.39, 0.29) is 29.7 Å². The van der Waals surface area contributed by atoms with Gasteiger partial charge in [-0.15, -0.1) is 0 Å². The first kappa shape index (κ1) is 16.5. The molecule has 1 heterocycles. The van der Waals surface area contributed by atoms with Gasteiger partial charge in [-0.25, -0.2) is 8.78 Å². The van der Waals surface area contributed by atoms with Crippen molar-refractivity contribution >= 4 is 11.8 Å². The maximum absolute atomic E-state index is 13.5. The molecule has 118 valence electrons. The van der Waals surface area contributed by atoms with Crippen molar-refractivity contribution in [3.63, 3.8) is 0 Å². The molecule has 0 aliphatic carbocycles. The van der Waals surface area contributed by atoms with Gasteiger partial charge in [0.1, 0.15) is 18.2 Å². The molecule has 0 amide bonds. The minimum Gasteiger partial charge on any atom is -0.472 e. The largest absolute Gasteiger partial charge is 0.472 e. The third kappa shape index (κ3) is 3.65. The zero-order chi connectivity index (χ0) is 16.3. The Balaban J connectivity index is 2.23. The Morgan fingerprint density at radius 1 is 1.32 bits per heavy atom. The van der Waals surface area contributed by atoms with E-state index in [2.05, 4.69) is 4.98 Å². The lowest BCUT2D eigenvalue weighted by molar-refractivity contribution is 0.280. The van der Waals surface area contributed by atoms with E-state index in [1.807, 2.05) is 20.1 Å². The van der Waals surface area contributed by atoms with Gasteiger partial charge in [0.25, 0.3) is 5.56 Å². The average molecular weight is 326 g/mol. The maximum Gasteiger partial charge on any atom is 0.258 e. The molecular weight excluding hydrogens is 310 g/mol. The fraction of sp³-hybridized carbons (Fsp3) is 0.333. The van der Waals surface area contributed by atoms with E-state index in [1.165, 1.54) is 23.9 Å². The predicted molar refractivity (Wildman–Crippen MR) is 81.4 cm³/mol. The Morgan fingerprint density at radius 3 is 2.64 bits per heavy atom. The summed E-state index contributed by atoms with van der Waals surface area (Å²) in [6, 6.07) is 4.48. The van der Waals surface area contributed by atoms with E-state index in [4.69, 9.17) is 4.74 Å². The molecule has 1 aromatic heterocycles. The van der Waals surface area contributed by atoms with E-state index in [9.17, 15) is 13.6 Å². The van der Waals surface area contributed by atoms with Crippen LogP contribution in [0.1, 0.15) is 25.5 Å². The van der Waals surface area contributed by atoms with Crippen LogP contribution in [-0.2, 0) is 6.61 Å². The van der Waals surface area contributed by atoms with Crippen molar-refractivity contribution in [2.24, 2.45) is 0 Å². The standard InChI is InChI=1S/C15H16F2N2O2S/c1-9(2)19-14(20)7-13(18-15(19)22-3)21-8-10-4-5-11(16)6-12(10)17/h4-7,9H,8H2,1-3H3. The molecule has 1 aromatic carbocycles. The van der Waals surface area contributed by atoms with Crippen LogP contribution in [0, 0.1) is 11.6 Å². The minimum atomic E-state index is -0.694. The molecule has 0 saturated carbocycles. The minimum absolute atomic E-state index is 0.0222. The molecule has 0 bridgehead atoms. The van der Waals surface area contributed by atoms with Crippen LogP contribution in [0.15, 0.2) is 34.2 Å². The van der Waals surface area contributed by atoms with E-state index in [0.717, 1.165) is 12.1 Å². The highest BCUT2D eigenvalue weighted by Gasteiger charge is 2.12. The van der Waals surface area contributed by atoms with Gasteiger partial charge in [0.15, 0.2) is 5.16 Å². The molecule has 0 spiro atoms. The molecule has 0 aliphatic heterocycles. The first-order chi connectivity index (χ1) is 10.4. The van der Waals surface area contributed by atoms with E-state index in [1.54, 1.807) is 4.57 Å². The van der Waals surface area contributed by atoms with Crippen molar-refractivity contribution in [3.05, 3.63) is 51.8 Å². The highest BCUT2D eigenvalue weighted by atomic mass is 32.2. The first-order valence-electron chi connectivity index (χ1n) is 6.66. The van der Waals surface area contributed by atoms with Crippen molar-refractivity contribution in [2.45, 2.75) is 31.7 Å². The molecule has 7 heteroatoms. The lowest BCUT2D eigenvalue weighted by Gasteiger charge is -2.15. The predicted octanol–water partition coefficient (Wildman–Crippen LogP) is 3.40. The van der Waals surface area contributed by atoms with Crippen molar-refractivity contribution in [3.8, 4) is 5.88 Å². The van der Waals surface area contributed by atoms with Gasteiger partial charge in [-0.3, -0.25) is 9.36 Å². The molecule has 4 nitrogen and oxygen atoms in total. The van der Waals surface area contributed by atoms with Crippen LogP contribution in [0.3, 0.4) is 0 Å². The summed E-state index contributed by atoms with van der Waals surface area (Å²) >= 11 is 1.33. The fourth-order valence-corrected chi connectivity index (χ4v) is 2.61. The van der Waals surface area contributed by atoms with Gasteiger partial charge in [0, 0.05) is 17.7 Å². The van der Waals surface area contributed by atoms with Crippen LogP contribution in [0.4, 0.5) is 8.78 Å². The van der Waals surface area contributed by atoms with E-state index in [0.29, 0.717) is 5.16 Å². The second-order valence-electron chi connectivity index (χ2n) is 4.91. The Morgan fingerprint density at radius 2 is 2.05 bits per heavy atom. The van der Waals surface area contributed by atoms with Gasteiger partial charge in [-0.2, -0.15) is 4.98 Å². The summed E-state index contributed by atoms with van der Waals surface area (Å²) in [4.78, 5) is 16.3. The molecule has 22 heavy (non-hydrogen) atoms. The van der Waals surface area contributed by atoms with Gasteiger partial charge in [0.2, 0.25) is 5.88 Å². The van der Waals surface area contributed by atoms with Crippen molar-refractivity contribution in [2.75, 3.05) is 6.26 Å². The number of thioether (sulfide) groups is 1. The number of halogens is 2. The smallest absolute Gasteiger partial charge is 0.258 e. The van der Waals surface area contributed by atoms with Gasteiger partial charge < -0.3 is 4.74 Å². The van der Waals surface area contributed by atoms with Crippen LogP contribution in [0.5, 0.6) is 5.88 Å². The summed E-state index contributed by atoms with van der Waals surface area (Å²) in [6.45, 7) is 3.65. The third-order valence-corrected chi connectivity index (χ3v) is 3.64. The first-order valence-corrected chi connectivity index (χ1v) is 7.89. The van der Waals surface area contributed by atoms with Gasteiger partial charge >= 0.3 is 0 Å². The Bertz CT molecular complexity index is 732. The van der Waals surface area contributed by atoms with Crippen LogP contribution in [0.2, 0.25) is 0 Å². The molecule has 0 saturated heterocycles. The summed E-state index contributed by atoms with van der Waals surface area (Å²) in [5.41, 5.74) is -0.0362. The molecule has 0 N–H and O–H groups in total. The summed E-state index contributed by atoms with van der Waals surface area (Å²) in [6.07, 6.45) is 1.81. The monoisotopic (exact) mass is 326 g/mol. The fourth-order valence-electron chi connectivity index (χ4n) is 1.93. The molecule has 0 aliphatic rings. The zero-order valence-electron chi connectivity index (χ0n) is 12.5. The highest BCUT2D eigenvalue weighted by Crippen LogP contribution is 2.19. The third-order valence-electron chi connectivity index (χ3n) is 2.99. The number of nitrogens with zero attached hydrogens (tertiary/aromatic N) is 2. The Hall–Kier alpha value is -1.89. The summed E-state index contributed by atoms with van der Waals surface area (Å²) < 4.78 is 33.3. The highest BCUT2D eigenvalue weighted by molar-refractivity contribution is 7.98. The number of benzene rings is 1. The number of hydrogen-bond acceptors (Lipinski definition) is 4. The summed E-state index contributed by atoms with van der Waals surface area (Å²) in [7, 11) is 0. The molecule has 0 atom stereocenters. The lowest BCUT2D eigenvalue weighted by atomic mass is 10.2. The van der Waals surface area contributed by atoms with Crippen molar-refractivity contribution < 1.29 is 13.5 Å². The number of hydrogen-bond donors (Lipinski definition) is 0. The van der Waals surface area contributed by atoms with Gasteiger partial charge in [-0.1, -0.05) is 11.8 Å². The topological polar surface area (TPSA) is 44.1 Å². The molecule has 0 radical (unpaired) electrons. The SMILES string of the molecule is CSc1nc(OCc2ccc(F)cc2F)cc(=O)n1C(C)C. The maximum atomic E-state index is 13.5. The molecular formula is C15H16F2N2O2S. The second-order valence-corrected chi connectivity index (χ2v) is 5.68. The molecule has 2 rings (SSSR count). The quantitative estimate of drug-likeness (QED) is 0.624. The Kier molecular flexibility index (Phi) is 5.18. The normalized spacial score (nSPS) is 11.0. The number of rotatable bonds is 5. The van der Waals surface area contributed by atoms with E-state index < -0.39 is 11.6 Å². The van der Waals surface area contributed by atoms with Crippen molar-refractivity contribution in [1.82, 2.24) is 9.55 Å².